The van der Waals surface area contributed by atoms with E-state index in [4.69, 9.17) is 4.98 Å². The molecule has 2 aromatic heterocycles. The second kappa shape index (κ2) is 8.34. The largest absolute Gasteiger partial charge is 0.367 e. The fourth-order valence-electron chi connectivity index (χ4n) is 4.59. The van der Waals surface area contributed by atoms with Gasteiger partial charge in [-0.2, -0.15) is 0 Å². The first kappa shape index (κ1) is 21.7. The minimum atomic E-state index is 0.150. The number of nitrogens with zero attached hydrogens (tertiary/aromatic N) is 5. The Morgan fingerprint density at radius 3 is 2.33 bits per heavy atom. The molecule has 0 atom stereocenters. The van der Waals surface area contributed by atoms with Crippen molar-refractivity contribution in [2.45, 2.75) is 39.7 Å². The summed E-state index contributed by atoms with van der Waals surface area (Å²) in [6, 6.07) is 15.2. The summed E-state index contributed by atoms with van der Waals surface area (Å²) >= 11 is 0. The Morgan fingerprint density at radius 2 is 1.70 bits per heavy atom. The van der Waals surface area contributed by atoms with Crippen LogP contribution in [0.2, 0.25) is 0 Å². The molecule has 1 fully saturated rings. The van der Waals surface area contributed by atoms with E-state index in [9.17, 15) is 0 Å². The highest BCUT2D eigenvalue weighted by Gasteiger charge is 2.21. The second-order valence-electron chi connectivity index (χ2n) is 10.2. The maximum absolute atomic E-state index is 5.03. The number of nitrogens with one attached hydrogen (secondary N) is 1. The SMILES string of the molecule is Cc1c(CN2CCN(c3cccc4[nH]c(-c5ccc(C(C)(C)C)cc5)nc34)CC2)ncn1C. The van der Waals surface area contributed by atoms with Gasteiger partial charge in [0.1, 0.15) is 11.3 Å². The van der Waals surface area contributed by atoms with Gasteiger partial charge in [0.2, 0.25) is 0 Å². The molecule has 0 radical (unpaired) electrons. The van der Waals surface area contributed by atoms with Crippen LogP contribution in [-0.2, 0) is 19.0 Å². The van der Waals surface area contributed by atoms with Gasteiger partial charge in [0.15, 0.2) is 0 Å². The van der Waals surface area contributed by atoms with Gasteiger partial charge in [-0.25, -0.2) is 9.97 Å². The average Bonchev–Trinajstić information content (AvgIpc) is 3.38. The van der Waals surface area contributed by atoms with Gasteiger partial charge in [0, 0.05) is 51.0 Å². The Labute approximate surface area is 196 Å². The van der Waals surface area contributed by atoms with Gasteiger partial charge in [-0.1, -0.05) is 51.1 Å². The number of rotatable bonds is 4. The van der Waals surface area contributed by atoms with Crippen molar-refractivity contribution in [2.24, 2.45) is 7.05 Å². The fourth-order valence-corrected chi connectivity index (χ4v) is 4.59. The van der Waals surface area contributed by atoms with Gasteiger partial charge in [0.05, 0.1) is 23.2 Å². The Morgan fingerprint density at radius 1 is 0.970 bits per heavy atom. The summed E-state index contributed by atoms with van der Waals surface area (Å²) in [6.07, 6.45) is 1.91. The number of aromatic amines is 1. The molecule has 172 valence electrons. The van der Waals surface area contributed by atoms with Crippen molar-refractivity contribution in [1.29, 1.82) is 0 Å². The van der Waals surface area contributed by atoms with Crippen LogP contribution in [0.1, 0.15) is 37.7 Å². The summed E-state index contributed by atoms with van der Waals surface area (Å²) in [5.74, 6) is 0.933. The average molecular weight is 443 g/mol. The molecule has 0 spiro atoms. The zero-order chi connectivity index (χ0) is 23.2. The zero-order valence-electron chi connectivity index (χ0n) is 20.4. The topological polar surface area (TPSA) is 53.0 Å². The third-order valence-electron chi connectivity index (χ3n) is 6.94. The van der Waals surface area contributed by atoms with E-state index in [0.29, 0.717) is 0 Å². The lowest BCUT2D eigenvalue weighted by molar-refractivity contribution is 0.247. The molecule has 0 saturated carbocycles. The Kier molecular flexibility index (Phi) is 5.49. The highest BCUT2D eigenvalue weighted by molar-refractivity contribution is 5.91. The van der Waals surface area contributed by atoms with Crippen LogP contribution < -0.4 is 4.90 Å². The zero-order valence-corrected chi connectivity index (χ0v) is 20.4. The molecule has 0 aliphatic carbocycles. The van der Waals surface area contributed by atoms with Gasteiger partial charge in [0.25, 0.3) is 0 Å². The van der Waals surface area contributed by atoms with Crippen molar-refractivity contribution in [3.63, 3.8) is 0 Å². The first-order chi connectivity index (χ1) is 15.8. The van der Waals surface area contributed by atoms with Crippen LogP contribution in [0.4, 0.5) is 5.69 Å². The van der Waals surface area contributed by atoms with Crippen LogP contribution >= 0.6 is 0 Å². The van der Waals surface area contributed by atoms with Gasteiger partial charge >= 0.3 is 0 Å². The maximum atomic E-state index is 5.03. The smallest absolute Gasteiger partial charge is 0.138 e. The van der Waals surface area contributed by atoms with Crippen molar-refractivity contribution in [1.82, 2.24) is 24.4 Å². The highest BCUT2D eigenvalue weighted by atomic mass is 15.3. The summed E-state index contributed by atoms with van der Waals surface area (Å²) in [4.78, 5) is 18.1. The number of hydrogen-bond donors (Lipinski definition) is 1. The summed E-state index contributed by atoms with van der Waals surface area (Å²) in [5, 5.41) is 0. The maximum Gasteiger partial charge on any atom is 0.138 e. The van der Waals surface area contributed by atoms with E-state index in [1.165, 1.54) is 22.6 Å². The van der Waals surface area contributed by atoms with Crippen molar-refractivity contribution >= 4 is 16.7 Å². The molecule has 1 saturated heterocycles. The Hall–Kier alpha value is -3.12. The lowest BCUT2D eigenvalue weighted by Crippen LogP contribution is -2.46. The number of fused-ring (bicyclic) bond motifs is 1. The van der Waals surface area contributed by atoms with Crippen LogP contribution in [0.5, 0.6) is 0 Å². The van der Waals surface area contributed by atoms with E-state index < -0.39 is 0 Å². The van der Waals surface area contributed by atoms with Gasteiger partial charge in [-0.05, 0) is 30.0 Å². The summed E-state index contributed by atoms with van der Waals surface area (Å²) in [7, 11) is 2.06. The van der Waals surface area contributed by atoms with Crippen molar-refractivity contribution in [3.8, 4) is 11.4 Å². The predicted octanol–water partition coefficient (Wildman–Crippen LogP) is 4.89. The molecule has 0 unspecified atom stereocenters. The van der Waals surface area contributed by atoms with Crippen LogP contribution in [-0.4, -0.2) is 50.6 Å². The number of aryl methyl sites for hydroxylation is 1. The number of H-pyrrole nitrogens is 1. The lowest BCUT2D eigenvalue weighted by atomic mass is 9.87. The molecule has 6 heteroatoms. The molecule has 1 aliphatic rings. The van der Waals surface area contributed by atoms with Crippen LogP contribution in [0, 0.1) is 6.92 Å². The number of benzene rings is 2. The monoisotopic (exact) mass is 442 g/mol. The molecular formula is C27H34N6. The predicted molar refractivity (Wildman–Crippen MR) is 136 cm³/mol. The quantitative estimate of drug-likeness (QED) is 0.489. The van der Waals surface area contributed by atoms with Crippen LogP contribution in [0.15, 0.2) is 48.8 Å². The molecule has 3 heterocycles. The van der Waals surface area contributed by atoms with E-state index in [1.807, 2.05) is 6.33 Å². The summed E-state index contributed by atoms with van der Waals surface area (Å²) in [5.41, 5.74) is 8.41. The molecule has 1 aliphatic heterocycles. The summed E-state index contributed by atoms with van der Waals surface area (Å²) in [6.45, 7) is 13.8. The van der Waals surface area contributed by atoms with Crippen LogP contribution in [0.25, 0.3) is 22.4 Å². The van der Waals surface area contributed by atoms with Gasteiger partial charge in [-0.3, -0.25) is 4.90 Å². The fraction of sp³-hybridized carbons (Fsp3) is 0.407. The highest BCUT2D eigenvalue weighted by Crippen LogP contribution is 2.30. The first-order valence-electron chi connectivity index (χ1n) is 11.8. The van der Waals surface area contributed by atoms with E-state index in [1.54, 1.807) is 0 Å². The third-order valence-corrected chi connectivity index (χ3v) is 6.94. The molecule has 6 nitrogen and oxygen atoms in total. The second-order valence-corrected chi connectivity index (χ2v) is 10.2. The Bertz CT molecular complexity index is 1250. The molecule has 0 bridgehead atoms. The standard InChI is InChI=1S/C27H34N6/c1-19-23(28-18-31(19)5)17-32-13-15-33(16-14-32)24-8-6-7-22-25(24)30-26(29-22)20-9-11-21(12-10-20)27(2,3)4/h6-12,18H,13-17H2,1-5H3,(H,29,30). The molecule has 33 heavy (non-hydrogen) atoms. The normalized spacial score (nSPS) is 15.5. The van der Waals surface area contributed by atoms with Crippen LogP contribution in [0.3, 0.4) is 0 Å². The number of anilines is 1. The number of aromatic nitrogens is 4. The van der Waals surface area contributed by atoms with Crippen molar-refractivity contribution in [2.75, 3.05) is 31.1 Å². The minimum Gasteiger partial charge on any atom is -0.367 e. The van der Waals surface area contributed by atoms with Crippen molar-refractivity contribution in [3.05, 3.63) is 65.7 Å². The molecule has 0 amide bonds. The number of hydrogen-bond acceptors (Lipinski definition) is 4. The summed E-state index contributed by atoms with van der Waals surface area (Å²) < 4.78 is 2.10. The molecule has 2 aromatic carbocycles. The molecular weight excluding hydrogens is 408 g/mol. The number of piperazine rings is 1. The number of imidazole rings is 2. The van der Waals surface area contributed by atoms with Crippen molar-refractivity contribution < 1.29 is 0 Å². The molecule has 1 N–H and O–H groups in total. The Balaban J connectivity index is 1.33. The lowest BCUT2D eigenvalue weighted by Gasteiger charge is -2.36. The first-order valence-corrected chi connectivity index (χ1v) is 11.8. The molecule has 5 rings (SSSR count). The van der Waals surface area contributed by atoms with Gasteiger partial charge in [-0.15, -0.1) is 0 Å². The van der Waals surface area contributed by atoms with E-state index >= 15 is 0 Å². The molecule has 4 aromatic rings. The minimum absolute atomic E-state index is 0.150. The number of para-hydroxylation sites is 1. The van der Waals surface area contributed by atoms with Gasteiger partial charge < -0.3 is 14.5 Å². The van der Waals surface area contributed by atoms with E-state index in [0.717, 1.165) is 55.1 Å². The van der Waals surface area contributed by atoms with E-state index in [-0.39, 0.29) is 5.41 Å². The van der Waals surface area contributed by atoms with E-state index in [2.05, 4.69) is 102 Å². The third kappa shape index (κ3) is 4.27.